The Bertz CT molecular complexity index is 522. The molecule has 2 atom stereocenters. The van der Waals surface area contributed by atoms with Crippen LogP contribution in [0.25, 0.3) is 0 Å². The monoisotopic (exact) mass is 247 g/mol. The van der Waals surface area contributed by atoms with Crippen molar-refractivity contribution in [3.63, 3.8) is 0 Å². The van der Waals surface area contributed by atoms with Crippen LogP contribution in [0.1, 0.15) is 35.8 Å². The molecule has 0 saturated heterocycles. The van der Waals surface area contributed by atoms with Gasteiger partial charge in [0.15, 0.2) is 5.82 Å². The van der Waals surface area contributed by atoms with Gasteiger partial charge < -0.3 is 15.4 Å². The molecule has 2 aromatic rings. The lowest BCUT2D eigenvalue weighted by molar-refractivity contribution is 0.146. The van der Waals surface area contributed by atoms with E-state index >= 15 is 0 Å². The SMILES string of the molecule is Cc1ccccc1Cc1noc(C(N)C(C)O)n1. The number of hydrogen-bond acceptors (Lipinski definition) is 5. The van der Waals surface area contributed by atoms with Crippen LogP contribution in [0.15, 0.2) is 28.8 Å². The van der Waals surface area contributed by atoms with Crippen LogP contribution in [-0.2, 0) is 6.42 Å². The van der Waals surface area contributed by atoms with Crippen molar-refractivity contribution in [1.29, 1.82) is 0 Å². The van der Waals surface area contributed by atoms with E-state index in [1.54, 1.807) is 6.92 Å². The number of aliphatic hydroxyl groups excluding tert-OH is 1. The van der Waals surface area contributed by atoms with Gasteiger partial charge in [0.2, 0.25) is 5.89 Å². The topological polar surface area (TPSA) is 85.2 Å². The molecule has 1 aromatic heterocycles. The van der Waals surface area contributed by atoms with Gasteiger partial charge in [0.1, 0.15) is 6.04 Å². The van der Waals surface area contributed by atoms with Crippen molar-refractivity contribution in [2.24, 2.45) is 5.73 Å². The van der Waals surface area contributed by atoms with Crippen molar-refractivity contribution >= 4 is 0 Å². The summed E-state index contributed by atoms with van der Waals surface area (Å²) in [5, 5.41) is 13.2. The van der Waals surface area contributed by atoms with E-state index < -0.39 is 12.1 Å². The number of aryl methyl sites for hydroxylation is 1. The van der Waals surface area contributed by atoms with Crippen LogP contribution in [0.4, 0.5) is 0 Å². The molecule has 0 aliphatic heterocycles. The van der Waals surface area contributed by atoms with Crippen LogP contribution in [0.5, 0.6) is 0 Å². The first-order valence-corrected chi connectivity index (χ1v) is 5.88. The number of hydrogen-bond donors (Lipinski definition) is 2. The lowest BCUT2D eigenvalue weighted by atomic mass is 10.1. The summed E-state index contributed by atoms with van der Waals surface area (Å²) in [6.45, 7) is 3.63. The Morgan fingerprint density at radius 1 is 1.39 bits per heavy atom. The van der Waals surface area contributed by atoms with Gasteiger partial charge in [0, 0.05) is 6.42 Å². The van der Waals surface area contributed by atoms with Gasteiger partial charge in [-0.3, -0.25) is 0 Å². The molecule has 1 aromatic carbocycles. The van der Waals surface area contributed by atoms with Crippen molar-refractivity contribution in [1.82, 2.24) is 10.1 Å². The average Bonchev–Trinajstić information content (AvgIpc) is 2.79. The summed E-state index contributed by atoms with van der Waals surface area (Å²) in [6.07, 6.45) is -0.111. The third kappa shape index (κ3) is 2.75. The van der Waals surface area contributed by atoms with Gasteiger partial charge in [-0.15, -0.1) is 0 Å². The van der Waals surface area contributed by atoms with E-state index in [0.717, 1.165) is 5.56 Å². The molecule has 2 unspecified atom stereocenters. The zero-order valence-corrected chi connectivity index (χ0v) is 10.5. The van der Waals surface area contributed by atoms with Gasteiger partial charge in [-0.25, -0.2) is 0 Å². The van der Waals surface area contributed by atoms with Crippen molar-refractivity contribution in [3.05, 3.63) is 47.1 Å². The molecule has 5 nitrogen and oxygen atoms in total. The molecular formula is C13H17N3O2. The number of rotatable bonds is 4. The third-order valence-electron chi connectivity index (χ3n) is 2.90. The minimum Gasteiger partial charge on any atom is -0.391 e. The predicted octanol–water partition coefficient (Wildman–Crippen LogP) is 1.35. The van der Waals surface area contributed by atoms with Crippen LogP contribution in [0, 0.1) is 6.92 Å². The normalized spacial score (nSPS) is 14.4. The van der Waals surface area contributed by atoms with E-state index in [9.17, 15) is 5.11 Å². The van der Waals surface area contributed by atoms with Crippen LogP contribution in [0.2, 0.25) is 0 Å². The molecule has 18 heavy (non-hydrogen) atoms. The highest BCUT2D eigenvalue weighted by atomic mass is 16.5. The molecular weight excluding hydrogens is 230 g/mol. The molecule has 1 heterocycles. The highest BCUT2D eigenvalue weighted by molar-refractivity contribution is 5.28. The first-order chi connectivity index (χ1) is 8.58. The average molecular weight is 247 g/mol. The van der Waals surface area contributed by atoms with Gasteiger partial charge in [0.05, 0.1) is 6.10 Å². The quantitative estimate of drug-likeness (QED) is 0.851. The fourth-order valence-electron chi connectivity index (χ4n) is 1.66. The molecule has 0 spiro atoms. The largest absolute Gasteiger partial charge is 0.391 e. The van der Waals surface area contributed by atoms with Crippen molar-refractivity contribution in [2.45, 2.75) is 32.4 Å². The minimum absolute atomic E-state index is 0.272. The minimum atomic E-state index is -0.711. The van der Waals surface area contributed by atoms with E-state index in [-0.39, 0.29) is 5.89 Å². The van der Waals surface area contributed by atoms with Gasteiger partial charge >= 0.3 is 0 Å². The first kappa shape index (κ1) is 12.7. The lowest BCUT2D eigenvalue weighted by Gasteiger charge is -2.08. The number of aliphatic hydroxyl groups is 1. The maximum Gasteiger partial charge on any atom is 0.246 e. The number of aromatic nitrogens is 2. The summed E-state index contributed by atoms with van der Waals surface area (Å²) in [4.78, 5) is 4.21. The third-order valence-corrected chi connectivity index (χ3v) is 2.90. The Balaban J connectivity index is 2.14. The maximum atomic E-state index is 9.36. The van der Waals surface area contributed by atoms with E-state index in [2.05, 4.69) is 10.1 Å². The van der Waals surface area contributed by atoms with Crippen molar-refractivity contribution < 1.29 is 9.63 Å². The standard InChI is InChI=1S/C13H17N3O2/c1-8-5-3-4-6-10(8)7-11-15-13(18-16-11)12(14)9(2)17/h3-6,9,12,17H,7,14H2,1-2H3. The Morgan fingerprint density at radius 2 is 2.11 bits per heavy atom. The first-order valence-electron chi connectivity index (χ1n) is 5.88. The zero-order valence-electron chi connectivity index (χ0n) is 10.5. The van der Waals surface area contributed by atoms with E-state index in [1.165, 1.54) is 5.56 Å². The molecule has 0 fully saturated rings. The van der Waals surface area contributed by atoms with Crippen LogP contribution in [-0.4, -0.2) is 21.4 Å². The summed E-state index contributed by atoms with van der Waals surface area (Å²) in [5.41, 5.74) is 8.06. The highest BCUT2D eigenvalue weighted by Gasteiger charge is 2.19. The zero-order chi connectivity index (χ0) is 13.1. The number of nitrogens with two attached hydrogens (primary N) is 1. The van der Waals surface area contributed by atoms with Crippen LogP contribution < -0.4 is 5.73 Å². The molecule has 96 valence electrons. The molecule has 0 aliphatic carbocycles. The number of nitrogens with zero attached hydrogens (tertiary/aromatic N) is 2. The molecule has 0 radical (unpaired) electrons. The summed E-state index contributed by atoms with van der Waals surface area (Å²) in [6, 6.07) is 7.40. The smallest absolute Gasteiger partial charge is 0.246 e. The van der Waals surface area contributed by atoms with E-state index in [0.29, 0.717) is 12.2 Å². The fourth-order valence-corrected chi connectivity index (χ4v) is 1.66. The van der Waals surface area contributed by atoms with E-state index in [4.69, 9.17) is 10.3 Å². The molecule has 0 saturated carbocycles. The molecule has 5 heteroatoms. The van der Waals surface area contributed by atoms with Gasteiger partial charge in [-0.1, -0.05) is 29.4 Å². The lowest BCUT2D eigenvalue weighted by Crippen LogP contribution is -2.23. The highest BCUT2D eigenvalue weighted by Crippen LogP contribution is 2.15. The Morgan fingerprint density at radius 3 is 2.78 bits per heavy atom. The van der Waals surface area contributed by atoms with Gasteiger partial charge in [0.25, 0.3) is 0 Å². The second-order valence-electron chi connectivity index (χ2n) is 4.42. The molecule has 0 bridgehead atoms. The maximum absolute atomic E-state index is 9.36. The summed E-state index contributed by atoms with van der Waals surface area (Å²) in [5.74, 6) is 0.851. The number of benzene rings is 1. The van der Waals surface area contributed by atoms with Crippen LogP contribution >= 0.6 is 0 Å². The second kappa shape index (κ2) is 5.29. The van der Waals surface area contributed by atoms with Crippen molar-refractivity contribution in [3.8, 4) is 0 Å². The predicted molar refractivity (Wildman–Crippen MR) is 66.9 cm³/mol. The molecule has 3 N–H and O–H groups in total. The molecule has 0 amide bonds. The van der Waals surface area contributed by atoms with E-state index in [1.807, 2.05) is 31.2 Å². The second-order valence-corrected chi connectivity index (χ2v) is 4.42. The van der Waals surface area contributed by atoms with Crippen molar-refractivity contribution in [2.75, 3.05) is 0 Å². The Kier molecular flexibility index (Phi) is 3.74. The summed E-state index contributed by atoms with van der Waals surface area (Å²) < 4.78 is 5.05. The van der Waals surface area contributed by atoms with Gasteiger partial charge in [-0.05, 0) is 25.0 Å². The Hall–Kier alpha value is -1.72. The molecule has 0 aliphatic rings. The molecule has 2 rings (SSSR count). The fraction of sp³-hybridized carbons (Fsp3) is 0.385. The summed E-state index contributed by atoms with van der Waals surface area (Å²) >= 11 is 0. The van der Waals surface area contributed by atoms with Crippen LogP contribution in [0.3, 0.4) is 0 Å². The Labute approximate surface area is 106 Å². The summed E-state index contributed by atoms with van der Waals surface area (Å²) in [7, 11) is 0. The van der Waals surface area contributed by atoms with Gasteiger partial charge in [-0.2, -0.15) is 4.98 Å².